The molecule has 2 aromatic rings. The molecule has 1 saturated heterocycles. The van der Waals surface area contributed by atoms with Gasteiger partial charge in [-0.3, -0.25) is 4.79 Å². The van der Waals surface area contributed by atoms with Gasteiger partial charge >= 0.3 is 0 Å². The van der Waals surface area contributed by atoms with Gasteiger partial charge in [-0.05, 0) is 37.6 Å². The second-order valence-corrected chi connectivity index (χ2v) is 5.94. The minimum atomic E-state index is 0.00256. The average Bonchev–Trinajstić information content (AvgIpc) is 2.61. The standard InChI is InChI=1S/C18H22N4O2/c1-3-15-12-17(20-13(2)19-15)21-8-10-22(11-9-21)18(24)14-4-6-16(23)7-5-14/h4-7,12,23H,3,8-11H2,1-2H3. The lowest BCUT2D eigenvalue weighted by atomic mass is 10.1. The van der Waals surface area contributed by atoms with Gasteiger partial charge in [-0.2, -0.15) is 0 Å². The van der Waals surface area contributed by atoms with Crippen molar-refractivity contribution in [2.75, 3.05) is 31.1 Å². The van der Waals surface area contributed by atoms with Crippen molar-refractivity contribution >= 4 is 11.7 Å². The maximum atomic E-state index is 12.5. The normalized spacial score (nSPS) is 14.8. The maximum absolute atomic E-state index is 12.5. The summed E-state index contributed by atoms with van der Waals surface area (Å²) in [6.45, 7) is 6.81. The monoisotopic (exact) mass is 326 g/mol. The summed E-state index contributed by atoms with van der Waals surface area (Å²) in [5.41, 5.74) is 1.65. The first-order valence-electron chi connectivity index (χ1n) is 8.24. The summed E-state index contributed by atoms with van der Waals surface area (Å²) in [7, 11) is 0. The number of rotatable bonds is 3. The molecule has 2 heterocycles. The van der Waals surface area contributed by atoms with Crippen LogP contribution in [0.25, 0.3) is 0 Å². The van der Waals surface area contributed by atoms with E-state index >= 15 is 0 Å². The molecule has 0 saturated carbocycles. The van der Waals surface area contributed by atoms with E-state index in [1.165, 1.54) is 0 Å². The number of nitrogens with zero attached hydrogens (tertiary/aromatic N) is 4. The molecule has 126 valence electrons. The van der Waals surface area contributed by atoms with Gasteiger partial charge in [0.2, 0.25) is 0 Å². The molecule has 0 aliphatic carbocycles. The van der Waals surface area contributed by atoms with E-state index in [1.807, 2.05) is 17.9 Å². The number of hydrogen-bond acceptors (Lipinski definition) is 5. The lowest BCUT2D eigenvalue weighted by Gasteiger charge is -2.35. The number of hydrogen-bond donors (Lipinski definition) is 1. The van der Waals surface area contributed by atoms with Crippen LogP contribution in [0, 0.1) is 6.92 Å². The first-order chi connectivity index (χ1) is 11.6. The quantitative estimate of drug-likeness (QED) is 0.934. The third-order valence-electron chi connectivity index (χ3n) is 4.24. The summed E-state index contributed by atoms with van der Waals surface area (Å²) < 4.78 is 0. The van der Waals surface area contributed by atoms with Crippen molar-refractivity contribution in [3.8, 4) is 5.75 Å². The Morgan fingerprint density at radius 3 is 2.42 bits per heavy atom. The van der Waals surface area contributed by atoms with Gasteiger partial charge in [0.05, 0.1) is 0 Å². The van der Waals surface area contributed by atoms with Gasteiger partial charge in [0.15, 0.2) is 0 Å². The number of benzene rings is 1. The van der Waals surface area contributed by atoms with Crippen LogP contribution >= 0.6 is 0 Å². The lowest BCUT2D eigenvalue weighted by molar-refractivity contribution is 0.0746. The van der Waals surface area contributed by atoms with Crippen molar-refractivity contribution in [3.05, 3.63) is 47.4 Å². The van der Waals surface area contributed by atoms with E-state index in [4.69, 9.17) is 0 Å². The van der Waals surface area contributed by atoms with Crippen molar-refractivity contribution in [2.45, 2.75) is 20.3 Å². The molecule has 1 amide bonds. The fourth-order valence-corrected chi connectivity index (χ4v) is 2.88. The number of anilines is 1. The average molecular weight is 326 g/mol. The molecule has 0 radical (unpaired) electrons. The van der Waals surface area contributed by atoms with Crippen LogP contribution in [0.1, 0.15) is 28.8 Å². The summed E-state index contributed by atoms with van der Waals surface area (Å²) in [5.74, 6) is 1.90. The van der Waals surface area contributed by atoms with Crippen LogP contribution in [0.3, 0.4) is 0 Å². The van der Waals surface area contributed by atoms with Gasteiger partial charge in [-0.1, -0.05) is 6.92 Å². The molecule has 6 heteroatoms. The zero-order chi connectivity index (χ0) is 17.1. The lowest BCUT2D eigenvalue weighted by Crippen LogP contribution is -2.49. The zero-order valence-electron chi connectivity index (χ0n) is 14.1. The van der Waals surface area contributed by atoms with E-state index in [1.54, 1.807) is 24.3 Å². The second-order valence-electron chi connectivity index (χ2n) is 5.94. The molecule has 1 aromatic carbocycles. The van der Waals surface area contributed by atoms with Crippen LogP contribution in [0.4, 0.5) is 5.82 Å². The topological polar surface area (TPSA) is 69.6 Å². The van der Waals surface area contributed by atoms with E-state index in [-0.39, 0.29) is 11.7 Å². The Kier molecular flexibility index (Phi) is 4.64. The van der Waals surface area contributed by atoms with Gasteiger partial charge in [-0.25, -0.2) is 9.97 Å². The molecule has 0 spiro atoms. The van der Waals surface area contributed by atoms with Crippen LogP contribution in [0.5, 0.6) is 5.75 Å². The van der Waals surface area contributed by atoms with Gasteiger partial charge in [-0.15, -0.1) is 0 Å². The van der Waals surface area contributed by atoms with Gasteiger partial charge < -0.3 is 14.9 Å². The molecule has 0 unspecified atom stereocenters. The molecule has 1 fully saturated rings. The molecule has 3 rings (SSSR count). The minimum Gasteiger partial charge on any atom is -0.508 e. The number of piperazine rings is 1. The molecule has 24 heavy (non-hydrogen) atoms. The molecular formula is C18H22N4O2. The summed E-state index contributed by atoms with van der Waals surface area (Å²) >= 11 is 0. The number of carbonyl (C=O) groups excluding carboxylic acids is 1. The van der Waals surface area contributed by atoms with Gasteiger partial charge in [0, 0.05) is 43.5 Å². The van der Waals surface area contributed by atoms with Crippen molar-refractivity contribution in [3.63, 3.8) is 0 Å². The largest absolute Gasteiger partial charge is 0.508 e. The number of phenols is 1. The molecule has 0 atom stereocenters. The maximum Gasteiger partial charge on any atom is 0.253 e. The number of carbonyl (C=O) groups is 1. The Bertz CT molecular complexity index is 722. The third-order valence-corrected chi connectivity index (χ3v) is 4.24. The van der Waals surface area contributed by atoms with Crippen molar-refractivity contribution < 1.29 is 9.90 Å². The molecule has 1 N–H and O–H groups in total. The Morgan fingerprint density at radius 1 is 1.12 bits per heavy atom. The van der Waals surface area contributed by atoms with Crippen LogP contribution in [0.2, 0.25) is 0 Å². The van der Waals surface area contributed by atoms with Crippen LogP contribution in [0.15, 0.2) is 30.3 Å². The second kappa shape index (κ2) is 6.86. The Labute approximate surface area is 141 Å². The highest BCUT2D eigenvalue weighted by Gasteiger charge is 2.23. The fraction of sp³-hybridized carbons (Fsp3) is 0.389. The zero-order valence-corrected chi connectivity index (χ0v) is 14.1. The molecule has 0 bridgehead atoms. The predicted octanol–water partition coefficient (Wildman–Crippen LogP) is 2.02. The SMILES string of the molecule is CCc1cc(N2CCN(C(=O)c3ccc(O)cc3)CC2)nc(C)n1. The minimum absolute atomic E-state index is 0.00256. The number of aryl methyl sites for hydroxylation is 2. The summed E-state index contributed by atoms with van der Waals surface area (Å²) in [6.07, 6.45) is 0.885. The first-order valence-corrected chi connectivity index (χ1v) is 8.24. The van der Waals surface area contributed by atoms with E-state index < -0.39 is 0 Å². The summed E-state index contributed by atoms with van der Waals surface area (Å²) in [4.78, 5) is 25.5. The highest BCUT2D eigenvalue weighted by atomic mass is 16.3. The van der Waals surface area contributed by atoms with Gasteiger partial charge in [0.25, 0.3) is 5.91 Å². The Hall–Kier alpha value is -2.63. The Balaban J connectivity index is 1.66. The van der Waals surface area contributed by atoms with Crippen LogP contribution in [-0.4, -0.2) is 52.1 Å². The van der Waals surface area contributed by atoms with Crippen LogP contribution in [-0.2, 0) is 6.42 Å². The van der Waals surface area contributed by atoms with E-state index in [0.717, 1.165) is 36.8 Å². The van der Waals surface area contributed by atoms with Crippen molar-refractivity contribution in [1.82, 2.24) is 14.9 Å². The molecule has 6 nitrogen and oxygen atoms in total. The van der Waals surface area contributed by atoms with E-state index in [9.17, 15) is 9.90 Å². The number of aromatic hydroxyl groups is 1. The first kappa shape index (κ1) is 16.2. The fourth-order valence-electron chi connectivity index (χ4n) is 2.88. The summed E-state index contributed by atoms with van der Waals surface area (Å²) in [6, 6.07) is 8.43. The molecule has 1 aliphatic heterocycles. The number of amides is 1. The Morgan fingerprint density at radius 2 is 1.79 bits per heavy atom. The third kappa shape index (κ3) is 3.48. The molecular weight excluding hydrogens is 304 g/mol. The van der Waals surface area contributed by atoms with E-state index in [2.05, 4.69) is 21.8 Å². The highest BCUT2D eigenvalue weighted by Crippen LogP contribution is 2.17. The smallest absolute Gasteiger partial charge is 0.253 e. The molecule has 1 aliphatic rings. The van der Waals surface area contributed by atoms with Crippen molar-refractivity contribution in [1.29, 1.82) is 0 Å². The predicted molar refractivity (Wildman–Crippen MR) is 92.4 cm³/mol. The number of phenolic OH excluding ortho intramolecular Hbond substituents is 1. The summed E-state index contributed by atoms with van der Waals surface area (Å²) in [5, 5.41) is 9.33. The van der Waals surface area contributed by atoms with Gasteiger partial charge in [0.1, 0.15) is 17.4 Å². The number of aromatic nitrogens is 2. The highest BCUT2D eigenvalue weighted by molar-refractivity contribution is 5.94. The molecule has 1 aromatic heterocycles. The van der Waals surface area contributed by atoms with Crippen LogP contribution < -0.4 is 4.90 Å². The van der Waals surface area contributed by atoms with E-state index in [0.29, 0.717) is 18.7 Å². The van der Waals surface area contributed by atoms with Crippen molar-refractivity contribution in [2.24, 2.45) is 0 Å².